The third kappa shape index (κ3) is 6.67. The third-order valence-corrected chi connectivity index (χ3v) is 5.56. The number of carboxylic acids is 1. The average molecular weight is 450 g/mol. The lowest BCUT2D eigenvalue weighted by atomic mass is 9.82. The van der Waals surface area contributed by atoms with Gasteiger partial charge in [-0.25, -0.2) is 18.9 Å². The fraction of sp³-hybridized carbons (Fsp3) is 0.391. The van der Waals surface area contributed by atoms with Gasteiger partial charge >= 0.3 is 12.1 Å². The SMILES string of the molecule is O=C(O)COCC1CCCC(COC(=O)N(c2ccccc2)c2ccc(F)c(Cl)c2)C1. The highest BCUT2D eigenvalue weighted by atomic mass is 35.5. The van der Waals surface area contributed by atoms with Crippen LogP contribution >= 0.6 is 11.6 Å². The Balaban J connectivity index is 1.64. The van der Waals surface area contributed by atoms with Crippen molar-refractivity contribution in [1.82, 2.24) is 0 Å². The Kier molecular flexibility index (Phi) is 8.26. The number of amides is 1. The summed E-state index contributed by atoms with van der Waals surface area (Å²) in [6.07, 6.45) is 3.10. The summed E-state index contributed by atoms with van der Waals surface area (Å²) in [5.41, 5.74) is 0.991. The molecule has 0 bridgehead atoms. The molecule has 0 saturated heterocycles. The molecule has 166 valence electrons. The standard InChI is InChI=1S/C23H25ClFNO5/c24-20-12-19(9-10-21(20)25)26(18-7-2-1-3-8-18)23(29)31-14-17-6-4-5-16(11-17)13-30-15-22(27)28/h1-3,7-10,12,16-17H,4-6,11,13-15H2,(H,27,28). The molecular weight excluding hydrogens is 425 g/mol. The van der Waals surface area contributed by atoms with E-state index in [9.17, 15) is 14.0 Å². The van der Waals surface area contributed by atoms with Gasteiger partial charge in [0.05, 0.1) is 29.6 Å². The molecule has 31 heavy (non-hydrogen) atoms. The van der Waals surface area contributed by atoms with Crippen LogP contribution in [0.3, 0.4) is 0 Å². The molecule has 2 atom stereocenters. The lowest BCUT2D eigenvalue weighted by molar-refractivity contribution is -0.142. The molecule has 1 aliphatic carbocycles. The number of halogens is 2. The van der Waals surface area contributed by atoms with E-state index in [0.29, 0.717) is 18.0 Å². The average Bonchev–Trinajstić information content (AvgIpc) is 2.76. The van der Waals surface area contributed by atoms with E-state index in [2.05, 4.69) is 0 Å². The third-order valence-electron chi connectivity index (χ3n) is 5.27. The second kappa shape index (κ2) is 11.1. The van der Waals surface area contributed by atoms with Gasteiger partial charge < -0.3 is 14.6 Å². The van der Waals surface area contributed by atoms with Gasteiger partial charge in [-0.15, -0.1) is 0 Å². The lowest BCUT2D eigenvalue weighted by Gasteiger charge is -2.29. The Hall–Kier alpha value is -2.64. The van der Waals surface area contributed by atoms with E-state index >= 15 is 0 Å². The Morgan fingerprint density at radius 1 is 1.06 bits per heavy atom. The maximum Gasteiger partial charge on any atom is 0.418 e. The quantitative estimate of drug-likeness (QED) is 0.562. The van der Waals surface area contributed by atoms with Gasteiger partial charge in [-0.2, -0.15) is 0 Å². The van der Waals surface area contributed by atoms with Gasteiger partial charge in [-0.1, -0.05) is 36.2 Å². The number of anilines is 2. The Labute approximate surface area is 185 Å². The zero-order valence-corrected chi connectivity index (χ0v) is 17.8. The second-order valence-electron chi connectivity index (χ2n) is 7.65. The first-order valence-corrected chi connectivity index (χ1v) is 10.6. The first kappa shape index (κ1) is 23.0. The lowest BCUT2D eigenvalue weighted by Crippen LogP contribution is -2.30. The van der Waals surface area contributed by atoms with Crippen LogP contribution in [0.25, 0.3) is 0 Å². The summed E-state index contributed by atoms with van der Waals surface area (Å²) in [5.74, 6) is -1.13. The molecule has 0 heterocycles. The molecular formula is C23H25ClFNO5. The zero-order chi connectivity index (χ0) is 22.2. The van der Waals surface area contributed by atoms with Crippen LogP contribution in [-0.4, -0.2) is 37.0 Å². The van der Waals surface area contributed by atoms with Gasteiger partial charge in [0.2, 0.25) is 0 Å². The molecule has 1 fully saturated rings. The van der Waals surface area contributed by atoms with Gasteiger partial charge in [0.25, 0.3) is 0 Å². The molecule has 0 radical (unpaired) electrons. The monoisotopic (exact) mass is 449 g/mol. The summed E-state index contributed by atoms with van der Waals surface area (Å²) in [6, 6.07) is 13.0. The summed E-state index contributed by atoms with van der Waals surface area (Å²) in [4.78, 5) is 25.0. The number of nitrogens with zero attached hydrogens (tertiary/aromatic N) is 1. The Morgan fingerprint density at radius 2 is 1.77 bits per heavy atom. The van der Waals surface area contributed by atoms with Gasteiger partial charge in [0.1, 0.15) is 12.4 Å². The maximum absolute atomic E-state index is 13.6. The number of carbonyl (C=O) groups excluding carboxylic acids is 1. The predicted molar refractivity (Wildman–Crippen MR) is 115 cm³/mol. The second-order valence-corrected chi connectivity index (χ2v) is 8.06. The molecule has 0 spiro atoms. The van der Waals surface area contributed by atoms with Crippen molar-refractivity contribution in [3.8, 4) is 0 Å². The highest BCUT2D eigenvalue weighted by molar-refractivity contribution is 6.31. The zero-order valence-electron chi connectivity index (χ0n) is 17.0. The van der Waals surface area contributed by atoms with Crippen molar-refractivity contribution in [2.75, 3.05) is 24.7 Å². The smallest absolute Gasteiger partial charge is 0.418 e. The molecule has 0 aromatic heterocycles. The number of para-hydroxylation sites is 1. The van der Waals surface area contributed by atoms with Crippen LogP contribution in [0.15, 0.2) is 48.5 Å². The number of aliphatic carboxylic acids is 1. The molecule has 1 amide bonds. The minimum absolute atomic E-state index is 0.0808. The maximum atomic E-state index is 13.6. The van der Waals surface area contributed by atoms with Crippen molar-refractivity contribution in [1.29, 1.82) is 0 Å². The van der Waals surface area contributed by atoms with Crippen molar-refractivity contribution in [2.45, 2.75) is 25.7 Å². The summed E-state index contributed by atoms with van der Waals surface area (Å²) in [7, 11) is 0. The number of hydrogen-bond donors (Lipinski definition) is 1. The van der Waals surface area contributed by atoms with E-state index in [-0.39, 0.29) is 30.1 Å². The molecule has 8 heteroatoms. The molecule has 6 nitrogen and oxygen atoms in total. The van der Waals surface area contributed by atoms with E-state index in [0.717, 1.165) is 25.7 Å². The van der Waals surface area contributed by atoms with E-state index < -0.39 is 17.9 Å². The number of carbonyl (C=O) groups is 2. The van der Waals surface area contributed by atoms with Crippen LogP contribution in [0, 0.1) is 17.7 Å². The normalized spacial score (nSPS) is 18.4. The van der Waals surface area contributed by atoms with Crippen molar-refractivity contribution >= 4 is 35.0 Å². The molecule has 1 N–H and O–H groups in total. The molecule has 1 saturated carbocycles. The fourth-order valence-corrected chi connectivity index (χ4v) is 4.01. The number of rotatable bonds is 8. The van der Waals surface area contributed by atoms with E-state index in [1.807, 2.05) is 6.07 Å². The predicted octanol–water partition coefficient (Wildman–Crippen LogP) is 5.66. The number of hydrogen-bond acceptors (Lipinski definition) is 4. The first-order chi connectivity index (χ1) is 14.9. The Morgan fingerprint density at radius 3 is 2.45 bits per heavy atom. The molecule has 3 rings (SSSR count). The van der Waals surface area contributed by atoms with Gasteiger partial charge in [0, 0.05) is 0 Å². The van der Waals surface area contributed by atoms with E-state index in [4.69, 9.17) is 26.2 Å². The summed E-state index contributed by atoms with van der Waals surface area (Å²) in [5, 5.41) is 8.62. The van der Waals surface area contributed by atoms with Crippen molar-refractivity contribution in [3.63, 3.8) is 0 Å². The molecule has 0 aliphatic heterocycles. The molecule has 2 unspecified atom stereocenters. The molecule has 2 aromatic rings. The van der Waals surface area contributed by atoms with E-state index in [1.54, 1.807) is 24.3 Å². The largest absolute Gasteiger partial charge is 0.480 e. The minimum Gasteiger partial charge on any atom is -0.480 e. The van der Waals surface area contributed by atoms with Gasteiger partial charge in [-0.3, -0.25) is 0 Å². The summed E-state index contributed by atoms with van der Waals surface area (Å²) < 4.78 is 24.5. The number of benzene rings is 2. The van der Waals surface area contributed by atoms with Crippen molar-refractivity contribution in [3.05, 3.63) is 59.4 Å². The first-order valence-electron chi connectivity index (χ1n) is 10.2. The van der Waals surface area contributed by atoms with Crippen LogP contribution in [-0.2, 0) is 14.3 Å². The fourth-order valence-electron chi connectivity index (χ4n) is 3.83. The van der Waals surface area contributed by atoms with Gasteiger partial charge in [0.15, 0.2) is 0 Å². The van der Waals surface area contributed by atoms with Gasteiger partial charge in [-0.05, 0) is 61.4 Å². The summed E-state index contributed by atoms with van der Waals surface area (Å²) >= 11 is 5.92. The van der Waals surface area contributed by atoms with Crippen molar-refractivity contribution < 1.29 is 28.6 Å². The Bertz CT molecular complexity index is 895. The highest BCUT2D eigenvalue weighted by Crippen LogP contribution is 2.32. The van der Waals surface area contributed by atoms with Crippen molar-refractivity contribution in [2.24, 2.45) is 11.8 Å². The molecule has 2 aromatic carbocycles. The van der Waals surface area contributed by atoms with Crippen LogP contribution in [0.4, 0.5) is 20.6 Å². The molecule has 1 aliphatic rings. The minimum atomic E-state index is -0.983. The van der Waals surface area contributed by atoms with Crippen LogP contribution in [0.5, 0.6) is 0 Å². The van der Waals surface area contributed by atoms with Crippen LogP contribution < -0.4 is 4.90 Å². The van der Waals surface area contributed by atoms with Crippen LogP contribution in [0.2, 0.25) is 5.02 Å². The summed E-state index contributed by atoms with van der Waals surface area (Å²) in [6.45, 7) is 0.329. The highest BCUT2D eigenvalue weighted by Gasteiger charge is 2.26. The van der Waals surface area contributed by atoms with Crippen LogP contribution in [0.1, 0.15) is 25.7 Å². The topological polar surface area (TPSA) is 76.1 Å². The number of ether oxygens (including phenoxy) is 2. The number of carboxylic acid groups (broad SMARTS) is 1. The van der Waals surface area contributed by atoms with E-state index in [1.165, 1.54) is 23.1 Å².